The molecule has 4 heteroatoms. The molecule has 1 fully saturated rings. The molecule has 1 aliphatic heterocycles. The minimum Gasteiger partial charge on any atom is -0.340 e. The van der Waals surface area contributed by atoms with Gasteiger partial charge in [0.1, 0.15) is 6.04 Å². The summed E-state index contributed by atoms with van der Waals surface area (Å²) in [6.45, 7) is 4.58. The minimum absolute atomic E-state index is 0.0464. The van der Waals surface area contributed by atoms with Crippen LogP contribution in [0.5, 0.6) is 0 Å². The number of amides is 2. The summed E-state index contributed by atoms with van der Waals surface area (Å²) in [4.78, 5) is 26.6. The average Bonchev–Trinajstić information content (AvgIpc) is 2.89. The van der Waals surface area contributed by atoms with E-state index in [4.69, 9.17) is 0 Å². The molecular weight excluding hydrogens is 288 g/mol. The summed E-state index contributed by atoms with van der Waals surface area (Å²) in [5.74, 6) is -0.243. The fourth-order valence-corrected chi connectivity index (χ4v) is 2.82. The van der Waals surface area contributed by atoms with Crippen molar-refractivity contribution in [2.75, 3.05) is 11.4 Å². The van der Waals surface area contributed by atoms with Crippen molar-refractivity contribution < 1.29 is 9.59 Å². The molecule has 1 heterocycles. The van der Waals surface area contributed by atoms with Crippen LogP contribution in [0.15, 0.2) is 48.5 Å². The van der Waals surface area contributed by atoms with E-state index in [1.54, 1.807) is 11.0 Å². The van der Waals surface area contributed by atoms with Gasteiger partial charge in [0.25, 0.3) is 5.91 Å². The van der Waals surface area contributed by atoms with Crippen molar-refractivity contribution >= 4 is 17.5 Å². The standard InChI is InChI=1S/C19H20N2O2/c1-13-6-8-16(9-7-13)21-11-10-17(19(21)23)20-18(22)15-5-3-4-14(2)12-15/h3-9,12,17H,10-11H2,1-2H3,(H,20,22)/t17-/m1/s1. The van der Waals surface area contributed by atoms with E-state index in [0.717, 1.165) is 16.8 Å². The number of aryl methyl sites for hydroxylation is 2. The molecule has 1 saturated heterocycles. The molecule has 4 nitrogen and oxygen atoms in total. The van der Waals surface area contributed by atoms with E-state index >= 15 is 0 Å². The van der Waals surface area contributed by atoms with Crippen molar-refractivity contribution in [2.24, 2.45) is 0 Å². The number of rotatable bonds is 3. The van der Waals surface area contributed by atoms with Crippen molar-refractivity contribution in [1.82, 2.24) is 5.32 Å². The second-order valence-corrected chi connectivity index (χ2v) is 6.01. The highest BCUT2D eigenvalue weighted by atomic mass is 16.2. The van der Waals surface area contributed by atoms with Crippen LogP contribution in [0.4, 0.5) is 5.69 Å². The Kier molecular flexibility index (Phi) is 4.15. The Balaban J connectivity index is 1.69. The third-order valence-corrected chi connectivity index (χ3v) is 4.14. The van der Waals surface area contributed by atoms with E-state index in [2.05, 4.69) is 5.32 Å². The Morgan fingerprint density at radius 3 is 2.52 bits per heavy atom. The lowest BCUT2D eigenvalue weighted by molar-refractivity contribution is -0.118. The first kappa shape index (κ1) is 15.3. The first-order chi connectivity index (χ1) is 11.0. The molecule has 0 unspecified atom stereocenters. The summed E-state index contributed by atoms with van der Waals surface area (Å²) in [6, 6.07) is 14.8. The predicted molar refractivity (Wildman–Crippen MR) is 90.6 cm³/mol. The Morgan fingerprint density at radius 2 is 1.83 bits per heavy atom. The van der Waals surface area contributed by atoms with E-state index < -0.39 is 6.04 Å². The lowest BCUT2D eigenvalue weighted by Gasteiger charge is -2.17. The molecule has 1 atom stereocenters. The number of anilines is 1. The van der Waals surface area contributed by atoms with Crippen LogP contribution in [0, 0.1) is 13.8 Å². The summed E-state index contributed by atoms with van der Waals surface area (Å²) in [7, 11) is 0. The summed E-state index contributed by atoms with van der Waals surface area (Å²) >= 11 is 0. The quantitative estimate of drug-likeness (QED) is 0.948. The second kappa shape index (κ2) is 6.24. The third-order valence-electron chi connectivity index (χ3n) is 4.14. The molecule has 2 aromatic rings. The average molecular weight is 308 g/mol. The predicted octanol–water partition coefficient (Wildman–Crippen LogP) is 2.84. The molecule has 1 aliphatic rings. The van der Waals surface area contributed by atoms with E-state index in [1.807, 2.05) is 56.3 Å². The molecule has 2 aromatic carbocycles. The van der Waals surface area contributed by atoms with Gasteiger partial charge < -0.3 is 10.2 Å². The van der Waals surface area contributed by atoms with Crippen LogP contribution in [0.25, 0.3) is 0 Å². The van der Waals surface area contributed by atoms with Crippen LogP contribution in [-0.4, -0.2) is 24.4 Å². The summed E-state index contributed by atoms with van der Waals surface area (Å²) in [5.41, 5.74) is 3.65. The zero-order valence-electron chi connectivity index (χ0n) is 13.4. The van der Waals surface area contributed by atoms with Crippen molar-refractivity contribution in [3.05, 3.63) is 65.2 Å². The molecule has 0 aromatic heterocycles. The van der Waals surface area contributed by atoms with Gasteiger partial charge in [0, 0.05) is 17.8 Å². The zero-order valence-corrected chi connectivity index (χ0v) is 13.4. The van der Waals surface area contributed by atoms with Gasteiger partial charge in [-0.1, -0.05) is 35.4 Å². The zero-order chi connectivity index (χ0) is 16.4. The molecule has 3 rings (SSSR count). The highest BCUT2D eigenvalue weighted by Crippen LogP contribution is 2.22. The number of carbonyl (C=O) groups is 2. The molecule has 0 saturated carbocycles. The van der Waals surface area contributed by atoms with Gasteiger partial charge >= 0.3 is 0 Å². The van der Waals surface area contributed by atoms with Gasteiger partial charge in [-0.3, -0.25) is 9.59 Å². The fraction of sp³-hybridized carbons (Fsp3) is 0.263. The van der Waals surface area contributed by atoms with Crippen molar-refractivity contribution in [2.45, 2.75) is 26.3 Å². The first-order valence-corrected chi connectivity index (χ1v) is 7.80. The monoisotopic (exact) mass is 308 g/mol. The number of hydrogen-bond acceptors (Lipinski definition) is 2. The molecule has 118 valence electrons. The van der Waals surface area contributed by atoms with Gasteiger partial charge in [-0.15, -0.1) is 0 Å². The van der Waals surface area contributed by atoms with Gasteiger partial charge in [-0.2, -0.15) is 0 Å². The van der Waals surface area contributed by atoms with Crippen LogP contribution >= 0.6 is 0 Å². The van der Waals surface area contributed by atoms with Gasteiger partial charge in [-0.05, 0) is 44.5 Å². The Labute approximate surface area is 136 Å². The molecule has 0 bridgehead atoms. The van der Waals surface area contributed by atoms with Crippen LogP contribution in [0.1, 0.15) is 27.9 Å². The molecule has 1 N–H and O–H groups in total. The van der Waals surface area contributed by atoms with Gasteiger partial charge in [0.2, 0.25) is 5.91 Å². The van der Waals surface area contributed by atoms with E-state index in [9.17, 15) is 9.59 Å². The van der Waals surface area contributed by atoms with E-state index in [-0.39, 0.29) is 11.8 Å². The molecule has 23 heavy (non-hydrogen) atoms. The molecule has 0 radical (unpaired) electrons. The first-order valence-electron chi connectivity index (χ1n) is 7.80. The summed E-state index contributed by atoms with van der Waals surface area (Å²) < 4.78 is 0. The van der Waals surface area contributed by atoms with Gasteiger partial charge in [0.15, 0.2) is 0 Å². The highest BCUT2D eigenvalue weighted by Gasteiger charge is 2.33. The van der Waals surface area contributed by atoms with Crippen molar-refractivity contribution in [3.8, 4) is 0 Å². The molecule has 0 aliphatic carbocycles. The third kappa shape index (κ3) is 3.26. The summed E-state index contributed by atoms with van der Waals surface area (Å²) in [5, 5.41) is 2.85. The summed E-state index contributed by atoms with van der Waals surface area (Å²) in [6.07, 6.45) is 0.629. The van der Waals surface area contributed by atoms with Gasteiger partial charge in [-0.25, -0.2) is 0 Å². The number of nitrogens with one attached hydrogen (secondary N) is 1. The maximum Gasteiger partial charge on any atom is 0.251 e. The van der Waals surface area contributed by atoms with Crippen LogP contribution < -0.4 is 10.2 Å². The maximum absolute atomic E-state index is 12.5. The van der Waals surface area contributed by atoms with E-state index in [1.165, 1.54) is 0 Å². The normalized spacial score (nSPS) is 17.4. The number of hydrogen-bond donors (Lipinski definition) is 1. The number of nitrogens with zero attached hydrogens (tertiary/aromatic N) is 1. The molecule has 2 amide bonds. The lowest BCUT2D eigenvalue weighted by Crippen LogP contribution is -2.41. The largest absolute Gasteiger partial charge is 0.340 e. The van der Waals surface area contributed by atoms with Crippen LogP contribution in [0.3, 0.4) is 0 Å². The Bertz CT molecular complexity index is 737. The minimum atomic E-state index is -0.454. The smallest absolute Gasteiger partial charge is 0.251 e. The lowest BCUT2D eigenvalue weighted by atomic mass is 10.1. The van der Waals surface area contributed by atoms with Crippen LogP contribution in [0.2, 0.25) is 0 Å². The molecule has 0 spiro atoms. The molecular formula is C19H20N2O2. The maximum atomic E-state index is 12.5. The van der Waals surface area contributed by atoms with Crippen molar-refractivity contribution in [3.63, 3.8) is 0 Å². The highest BCUT2D eigenvalue weighted by molar-refractivity contribution is 6.03. The second-order valence-electron chi connectivity index (χ2n) is 6.01. The Morgan fingerprint density at radius 1 is 1.09 bits per heavy atom. The number of carbonyl (C=O) groups excluding carboxylic acids is 2. The van der Waals surface area contributed by atoms with Gasteiger partial charge in [0.05, 0.1) is 0 Å². The Hall–Kier alpha value is -2.62. The fourth-order valence-electron chi connectivity index (χ4n) is 2.82. The van der Waals surface area contributed by atoms with Crippen molar-refractivity contribution in [1.29, 1.82) is 0 Å². The number of benzene rings is 2. The SMILES string of the molecule is Cc1ccc(N2CC[C@@H](NC(=O)c3cccc(C)c3)C2=O)cc1. The van der Waals surface area contributed by atoms with E-state index in [0.29, 0.717) is 18.5 Å². The van der Waals surface area contributed by atoms with Crippen LogP contribution in [-0.2, 0) is 4.79 Å². The topological polar surface area (TPSA) is 49.4 Å².